The maximum Gasteiger partial charge on any atom is 0.154 e. The zero-order valence-electron chi connectivity index (χ0n) is 6.24. The lowest BCUT2D eigenvalue weighted by Crippen LogP contribution is -2.05. The average molecular weight is 170 g/mol. The fourth-order valence-corrected chi connectivity index (χ4v) is 1.17. The zero-order valence-corrected chi connectivity index (χ0v) is 7.06. The molecule has 1 heterocycles. The second-order valence-electron chi connectivity index (χ2n) is 1.93. The SMILES string of the molecule is CN=C(N)SCc1cnc[nH]1. The van der Waals surface area contributed by atoms with E-state index in [1.807, 2.05) is 0 Å². The molecule has 0 radical (unpaired) electrons. The highest BCUT2D eigenvalue weighted by Crippen LogP contribution is 2.07. The Hall–Kier alpha value is -0.970. The zero-order chi connectivity index (χ0) is 8.10. The highest BCUT2D eigenvalue weighted by molar-refractivity contribution is 8.13. The van der Waals surface area contributed by atoms with Crippen molar-refractivity contribution in [2.75, 3.05) is 7.05 Å². The molecule has 5 heteroatoms. The number of amidine groups is 1. The summed E-state index contributed by atoms with van der Waals surface area (Å²) in [5.41, 5.74) is 6.53. The van der Waals surface area contributed by atoms with Crippen molar-refractivity contribution >= 4 is 16.9 Å². The van der Waals surface area contributed by atoms with E-state index in [0.717, 1.165) is 11.4 Å². The van der Waals surface area contributed by atoms with Gasteiger partial charge in [0.2, 0.25) is 0 Å². The predicted molar refractivity (Wildman–Crippen MR) is 47.4 cm³/mol. The molecule has 0 atom stereocenters. The van der Waals surface area contributed by atoms with Crippen molar-refractivity contribution < 1.29 is 0 Å². The van der Waals surface area contributed by atoms with Crippen LogP contribution < -0.4 is 5.73 Å². The second kappa shape index (κ2) is 4.02. The molecule has 0 bridgehead atoms. The predicted octanol–water partition coefficient (Wildman–Crippen LogP) is 0.587. The topological polar surface area (TPSA) is 67.1 Å². The van der Waals surface area contributed by atoms with Crippen molar-refractivity contribution in [3.63, 3.8) is 0 Å². The standard InChI is InChI=1S/C6H10N4S/c1-8-6(7)11-3-5-2-9-4-10-5/h2,4H,3H2,1H3,(H2,7,8)(H,9,10). The van der Waals surface area contributed by atoms with Crippen molar-refractivity contribution in [3.8, 4) is 0 Å². The molecule has 0 aliphatic rings. The van der Waals surface area contributed by atoms with Crippen molar-refractivity contribution in [1.82, 2.24) is 9.97 Å². The Labute approximate surface area is 69.3 Å². The van der Waals surface area contributed by atoms with E-state index in [1.165, 1.54) is 11.8 Å². The monoisotopic (exact) mass is 170 g/mol. The number of thioether (sulfide) groups is 1. The summed E-state index contributed by atoms with van der Waals surface area (Å²) < 4.78 is 0. The van der Waals surface area contributed by atoms with Crippen LogP contribution in [0.3, 0.4) is 0 Å². The van der Waals surface area contributed by atoms with Gasteiger partial charge in [-0.2, -0.15) is 0 Å². The minimum atomic E-state index is 0.597. The Morgan fingerprint density at radius 2 is 2.73 bits per heavy atom. The molecule has 0 unspecified atom stereocenters. The van der Waals surface area contributed by atoms with Crippen LogP contribution in [0.15, 0.2) is 17.5 Å². The molecule has 4 nitrogen and oxygen atoms in total. The van der Waals surface area contributed by atoms with Crippen molar-refractivity contribution in [2.45, 2.75) is 5.75 Å². The van der Waals surface area contributed by atoms with Crippen LogP contribution in [-0.2, 0) is 5.75 Å². The minimum Gasteiger partial charge on any atom is -0.379 e. The number of nitrogens with zero attached hydrogens (tertiary/aromatic N) is 2. The van der Waals surface area contributed by atoms with E-state index in [9.17, 15) is 0 Å². The van der Waals surface area contributed by atoms with Crippen LogP contribution in [0.4, 0.5) is 0 Å². The number of aromatic amines is 1. The molecule has 11 heavy (non-hydrogen) atoms. The van der Waals surface area contributed by atoms with Gasteiger partial charge in [-0.1, -0.05) is 11.8 Å². The number of H-pyrrole nitrogens is 1. The largest absolute Gasteiger partial charge is 0.379 e. The quantitative estimate of drug-likeness (QED) is 0.504. The molecule has 0 amide bonds. The summed E-state index contributed by atoms with van der Waals surface area (Å²) in [6, 6.07) is 0. The molecule has 1 aromatic heterocycles. The summed E-state index contributed by atoms with van der Waals surface area (Å²) in [5, 5.41) is 0.597. The van der Waals surface area contributed by atoms with Crippen LogP contribution in [0, 0.1) is 0 Å². The van der Waals surface area contributed by atoms with Crippen LogP contribution in [0.1, 0.15) is 5.69 Å². The van der Waals surface area contributed by atoms with Gasteiger partial charge < -0.3 is 10.7 Å². The fraction of sp³-hybridized carbons (Fsp3) is 0.333. The van der Waals surface area contributed by atoms with E-state index >= 15 is 0 Å². The number of aliphatic imine (C=N–C) groups is 1. The Kier molecular flexibility index (Phi) is 2.97. The number of nitrogens with two attached hydrogens (primary N) is 1. The van der Waals surface area contributed by atoms with Gasteiger partial charge >= 0.3 is 0 Å². The van der Waals surface area contributed by atoms with Gasteiger partial charge in [-0.25, -0.2) is 4.98 Å². The third-order valence-corrected chi connectivity index (χ3v) is 2.08. The molecule has 1 aromatic rings. The highest BCUT2D eigenvalue weighted by atomic mass is 32.2. The molecule has 0 aliphatic heterocycles. The highest BCUT2D eigenvalue weighted by Gasteiger charge is 1.95. The van der Waals surface area contributed by atoms with Crippen molar-refractivity contribution in [2.24, 2.45) is 10.7 Å². The van der Waals surface area contributed by atoms with E-state index in [1.54, 1.807) is 19.6 Å². The lowest BCUT2D eigenvalue weighted by Gasteiger charge is -1.95. The first-order valence-corrected chi connectivity index (χ1v) is 4.14. The minimum absolute atomic E-state index is 0.597. The average Bonchev–Trinajstić information content (AvgIpc) is 2.52. The molecule has 0 spiro atoms. The fourth-order valence-electron chi connectivity index (χ4n) is 0.580. The van der Waals surface area contributed by atoms with E-state index in [-0.39, 0.29) is 0 Å². The van der Waals surface area contributed by atoms with Crippen molar-refractivity contribution in [1.29, 1.82) is 0 Å². The van der Waals surface area contributed by atoms with E-state index in [0.29, 0.717) is 5.17 Å². The molecule has 0 fully saturated rings. The van der Waals surface area contributed by atoms with Gasteiger partial charge in [-0.3, -0.25) is 4.99 Å². The summed E-state index contributed by atoms with van der Waals surface area (Å²) >= 11 is 1.49. The molecule has 1 rings (SSSR count). The van der Waals surface area contributed by atoms with Gasteiger partial charge in [-0.15, -0.1) is 0 Å². The first-order chi connectivity index (χ1) is 5.33. The number of hydrogen-bond donors (Lipinski definition) is 2. The third kappa shape index (κ3) is 2.63. The van der Waals surface area contributed by atoms with Crippen LogP contribution in [-0.4, -0.2) is 22.2 Å². The van der Waals surface area contributed by atoms with Gasteiger partial charge in [-0.05, 0) is 0 Å². The van der Waals surface area contributed by atoms with Gasteiger partial charge in [0.1, 0.15) is 0 Å². The Balaban J connectivity index is 2.35. The number of aromatic nitrogens is 2. The van der Waals surface area contributed by atoms with Crippen LogP contribution in [0.5, 0.6) is 0 Å². The van der Waals surface area contributed by atoms with Crippen LogP contribution >= 0.6 is 11.8 Å². The molecule has 3 N–H and O–H groups in total. The molecule has 0 saturated heterocycles. The molecular weight excluding hydrogens is 160 g/mol. The number of rotatable bonds is 2. The van der Waals surface area contributed by atoms with E-state index in [2.05, 4.69) is 15.0 Å². The Bertz CT molecular complexity index is 229. The van der Waals surface area contributed by atoms with Crippen LogP contribution in [0.2, 0.25) is 0 Å². The van der Waals surface area contributed by atoms with Gasteiger partial charge in [0.15, 0.2) is 5.17 Å². The summed E-state index contributed by atoms with van der Waals surface area (Å²) in [4.78, 5) is 10.7. The summed E-state index contributed by atoms with van der Waals surface area (Å²) in [6.07, 6.45) is 3.42. The molecule has 0 aromatic carbocycles. The molecular formula is C6H10N4S. The van der Waals surface area contributed by atoms with Crippen LogP contribution in [0.25, 0.3) is 0 Å². The Morgan fingerprint density at radius 3 is 3.27 bits per heavy atom. The lowest BCUT2D eigenvalue weighted by molar-refractivity contribution is 1.23. The van der Waals surface area contributed by atoms with Crippen molar-refractivity contribution in [3.05, 3.63) is 18.2 Å². The second-order valence-corrected chi connectivity index (χ2v) is 2.92. The first-order valence-electron chi connectivity index (χ1n) is 3.15. The summed E-state index contributed by atoms with van der Waals surface area (Å²) in [7, 11) is 1.68. The van der Waals surface area contributed by atoms with Gasteiger partial charge in [0.25, 0.3) is 0 Å². The summed E-state index contributed by atoms with van der Waals surface area (Å²) in [5.74, 6) is 0.795. The van der Waals surface area contributed by atoms with Gasteiger partial charge in [0, 0.05) is 24.7 Å². The summed E-state index contributed by atoms with van der Waals surface area (Å²) in [6.45, 7) is 0. The first kappa shape index (κ1) is 8.13. The van der Waals surface area contributed by atoms with E-state index < -0.39 is 0 Å². The third-order valence-electron chi connectivity index (χ3n) is 1.15. The number of nitrogens with one attached hydrogen (secondary N) is 1. The molecule has 60 valence electrons. The molecule has 0 saturated carbocycles. The smallest absolute Gasteiger partial charge is 0.154 e. The lowest BCUT2D eigenvalue weighted by atomic mass is 10.6. The number of imidazole rings is 1. The Morgan fingerprint density at radius 1 is 1.91 bits per heavy atom. The van der Waals surface area contributed by atoms with Gasteiger partial charge in [0.05, 0.1) is 6.33 Å². The maximum absolute atomic E-state index is 5.47. The molecule has 0 aliphatic carbocycles. The normalized spacial score (nSPS) is 11.9. The van der Waals surface area contributed by atoms with E-state index in [4.69, 9.17) is 5.73 Å². The number of hydrogen-bond acceptors (Lipinski definition) is 3. The maximum atomic E-state index is 5.47.